The Kier molecular flexibility index (Phi) is 5.43. The fourth-order valence-corrected chi connectivity index (χ4v) is 3.71. The highest BCUT2D eigenvalue weighted by Crippen LogP contribution is 2.27. The second kappa shape index (κ2) is 8.31. The number of hydrogen-bond donors (Lipinski definition) is 0. The van der Waals surface area contributed by atoms with Crippen molar-refractivity contribution in [2.75, 3.05) is 18.0 Å². The van der Waals surface area contributed by atoms with E-state index in [2.05, 4.69) is 11.5 Å². The normalized spacial score (nSPS) is 13.9. The summed E-state index contributed by atoms with van der Waals surface area (Å²) in [6.45, 7) is 7.62. The molecule has 1 aromatic heterocycles. The standard InChI is InChI=1S/C25H25N3O/c1-3-4-12-22-23(20-10-6-5-7-11-20)26-25(27-17-8-9-18-27)28(24(22)29)21-15-13-19(2)14-16-21/h3-7,10-16H,1,8-9,17-18H2,2H3/b12-4+. The predicted octanol–water partition coefficient (Wildman–Crippen LogP) is 5.01. The highest BCUT2D eigenvalue weighted by molar-refractivity contribution is 5.73. The van der Waals surface area contributed by atoms with Crippen LogP contribution in [0, 0.1) is 6.92 Å². The Labute approximate surface area is 171 Å². The minimum Gasteiger partial charge on any atom is -0.342 e. The molecule has 0 saturated carbocycles. The van der Waals surface area contributed by atoms with Crippen LogP contribution < -0.4 is 10.5 Å². The number of aryl methyl sites for hydroxylation is 1. The Hall–Kier alpha value is -3.40. The van der Waals surface area contributed by atoms with Gasteiger partial charge in [0.05, 0.1) is 16.9 Å². The second-order valence-corrected chi connectivity index (χ2v) is 7.31. The number of aromatic nitrogens is 2. The van der Waals surface area contributed by atoms with Crippen molar-refractivity contribution in [3.8, 4) is 16.9 Å². The van der Waals surface area contributed by atoms with Crippen molar-refractivity contribution in [1.82, 2.24) is 9.55 Å². The molecule has 0 radical (unpaired) electrons. The Morgan fingerprint density at radius 1 is 1.00 bits per heavy atom. The quantitative estimate of drug-likeness (QED) is 0.582. The van der Waals surface area contributed by atoms with Gasteiger partial charge < -0.3 is 4.90 Å². The molecule has 0 N–H and O–H groups in total. The zero-order chi connectivity index (χ0) is 20.2. The van der Waals surface area contributed by atoms with Crippen molar-refractivity contribution in [3.05, 3.63) is 94.8 Å². The van der Waals surface area contributed by atoms with Crippen LogP contribution in [0.5, 0.6) is 0 Å². The minimum absolute atomic E-state index is 0.0669. The van der Waals surface area contributed by atoms with Crippen molar-refractivity contribution in [3.63, 3.8) is 0 Å². The Morgan fingerprint density at radius 2 is 1.69 bits per heavy atom. The highest BCUT2D eigenvalue weighted by Gasteiger charge is 2.23. The molecule has 146 valence electrons. The van der Waals surface area contributed by atoms with Crippen molar-refractivity contribution in [2.45, 2.75) is 19.8 Å². The lowest BCUT2D eigenvalue weighted by molar-refractivity contribution is 0.827. The summed E-state index contributed by atoms with van der Waals surface area (Å²) in [6, 6.07) is 17.9. The number of nitrogens with zero attached hydrogens (tertiary/aromatic N) is 3. The van der Waals surface area contributed by atoms with E-state index in [0.717, 1.165) is 42.7 Å². The predicted molar refractivity (Wildman–Crippen MR) is 121 cm³/mol. The topological polar surface area (TPSA) is 38.1 Å². The maximum absolute atomic E-state index is 13.7. The minimum atomic E-state index is -0.0669. The first kappa shape index (κ1) is 18.9. The van der Waals surface area contributed by atoms with Crippen molar-refractivity contribution < 1.29 is 0 Å². The molecule has 0 atom stereocenters. The smallest absolute Gasteiger partial charge is 0.267 e. The maximum atomic E-state index is 13.7. The molecule has 3 aromatic rings. The van der Waals surface area contributed by atoms with Gasteiger partial charge in [-0.2, -0.15) is 0 Å². The second-order valence-electron chi connectivity index (χ2n) is 7.31. The van der Waals surface area contributed by atoms with Gasteiger partial charge in [-0.25, -0.2) is 9.55 Å². The molecular weight excluding hydrogens is 358 g/mol. The molecule has 4 rings (SSSR count). The molecule has 0 amide bonds. The van der Waals surface area contributed by atoms with E-state index in [4.69, 9.17) is 4.98 Å². The van der Waals surface area contributed by atoms with Crippen LogP contribution in [0.3, 0.4) is 0 Å². The van der Waals surface area contributed by atoms with Gasteiger partial charge >= 0.3 is 0 Å². The summed E-state index contributed by atoms with van der Waals surface area (Å²) in [5.74, 6) is 0.714. The van der Waals surface area contributed by atoms with E-state index in [9.17, 15) is 4.79 Å². The van der Waals surface area contributed by atoms with Gasteiger partial charge in [0, 0.05) is 18.7 Å². The molecule has 2 aromatic carbocycles. The van der Waals surface area contributed by atoms with Crippen LogP contribution in [0.1, 0.15) is 24.0 Å². The van der Waals surface area contributed by atoms with Crippen LogP contribution >= 0.6 is 0 Å². The summed E-state index contributed by atoms with van der Waals surface area (Å²) in [6.07, 6.45) is 7.51. The molecule has 0 bridgehead atoms. The van der Waals surface area contributed by atoms with Gasteiger partial charge in [0.15, 0.2) is 0 Å². The molecule has 1 aliphatic heterocycles. The zero-order valence-corrected chi connectivity index (χ0v) is 16.7. The third-order valence-corrected chi connectivity index (χ3v) is 5.23. The van der Waals surface area contributed by atoms with Crippen LogP contribution in [0.25, 0.3) is 23.0 Å². The van der Waals surface area contributed by atoms with E-state index in [0.29, 0.717) is 17.2 Å². The molecule has 0 aliphatic carbocycles. The van der Waals surface area contributed by atoms with Crippen LogP contribution in [-0.2, 0) is 0 Å². The molecule has 4 heteroatoms. The van der Waals surface area contributed by atoms with Gasteiger partial charge in [-0.3, -0.25) is 4.79 Å². The summed E-state index contributed by atoms with van der Waals surface area (Å²) < 4.78 is 1.75. The molecule has 2 heterocycles. The highest BCUT2D eigenvalue weighted by atomic mass is 16.1. The molecule has 0 spiro atoms. The van der Waals surface area contributed by atoms with Crippen molar-refractivity contribution in [1.29, 1.82) is 0 Å². The number of hydrogen-bond acceptors (Lipinski definition) is 3. The van der Waals surface area contributed by atoms with Crippen molar-refractivity contribution in [2.24, 2.45) is 0 Å². The molecule has 29 heavy (non-hydrogen) atoms. The van der Waals surface area contributed by atoms with Gasteiger partial charge in [-0.15, -0.1) is 0 Å². The summed E-state index contributed by atoms with van der Waals surface area (Å²) >= 11 is 0. The first-order valence-electron chi connectivity index (χ1n) is 10.0. The first-order chi connectivity index (χ1) is 14.2. The summed E-state index contributed by atoms with van der Waals surface area (Å²) in [7, 11) is 0. The average molecular weight is 383 g/mol. The monoisotopic (exact) mass is 383 g/mol. The van der Waals surface area contributed by atoms with Crippen LogP contribution in [0.4, 0.5) is 5.95 Å². The van der Waals surface area contributed by atoms with E-state index in [1.807, 2.05) is 67.6 Å². The number of benzene rings is 2. The van der Waals surface area contributed by atoms with E-state index in [1.165, 1.54) is 0 Å². The van der Waals surface area contributed by atoms with Gasteiger partial charge in [0.25, 0.3) is 5.56 Å². The lowest BCUT2D eigenvalue weighted by atomic mass is 10.1. The third-order valence-electron chi connectivity index (χ3n) is 5.23. The van der Waals surface area contributed by atoms with Crippen LogP contribution in [0.15, 0.2) is 78.1 Å². The van der Waals surface area contributed by atoms with Gasteiger partial charge in [-0.05, 0) is 38.0 Å². The van der Waals surface area contributed by atoms with E-state index in [1.54, 1.807) is 16.7 Å². The van der Waals surface area contributed by atoms with Crippen LogP contribution in [0.2, 0.25) is 0 Å². The number of rotatable bonds is 5. The lowest BCUT2D eigenvalue weighted by Crippen LogP contribution is -2.32. The van der Waals surface area contributed by atoms with E-state index >= 15 is 0 Å². The molecule has 1 aliphatic rings. The van der Waals surface area contributed by atoms with E-state index in [-0.39, 0.29) is 5.56 Å². The van der Waals surface area contributed by atoms with Gasteiger partial charge in [0.2, 0.25) is 5.95 Å². The molecule has 1 fully saturated rings. The summed E-state index contributed by atoms with van der Waals surface area (Å²) in [4.78, 5) is 21.0. The lowest BCUT2D eigenvalue weighted by Gasteiger charge is -2.23. The third kappa shape index (κ3) is 3.79. The average Bonchev–Trinajstić information content (AvgIpc) is 3.28. The molecular formula is C25H25N3O. The molecule has 1 saturated heterocycles. The SMILES string of the molecule is C=C/C=C/c1c(-c2ccccc2)nc(N2CCCC2)n(-c2ccc(C)cc2)c1=O. The number of anilines is 1. The first-order valence-corrected chi connectivity index (χ1v) is 10.0. The largest absolute Gasteiger partial charge is 0.342 e. The van der Waals surface area contributed by atoms with E-state index < -0.39 is 0 Å². The van der Waals surface area contributed by atoms with Crippen LogP contribution in [-0.4, -0.2) is 22.6 Å². The molecule has 4 nitrogen and oxygen atoms in total. The Bertz CT molecular complexity index is 1090. The maximum Gasteiger partial charge on any atom is 0.267 e. The fraction of sp³-hybridized carbons (Fsp3) is 0.200. The Balaban J connectivity index is 2.03. The summed E-state index contributed by atoms with van der Waals surface area (Å²) in [5, 5.41) is 0. The number of allylic oxidation sites excluding steroid dienone is 2. The van der Waals surface area contributed by atoms with Gasteiger partial charge in [-0.1, -0.05) is 66.8 Å². The van der Waals surface area contributed by atoms with Crippen molar-refractivity contribution >= 4 is 12.0 Å². The fourth-order valence-electron chi connectivity index (χ4n) is 3.71. The zero-order valence-electron chi connectivity index (χ0n) is 16.7. The van der Waals surface area contributed by atoms with Gasteiger partial charge in [0.1, 0.15) is 0 Å². The Morgan fingerprint density at radius 3 is 2.34 bits per heavy atom. The molecule has 0 unspecified atom stereocenters. The summed E-state index contributed by atoms with van der Waals surface area (Å²) in [5.41, 5.74) is 4.14.